The number of pyridine rings is 1. The summed E-state index contributed by atoms with van der Waals surface area (Å²) in [6, 6.07) is 18.7. The van der Waals surface area contributed by atoms with Crippen molar-refractivity contribution in [2.75, 3.05) is 5.32 Å². The molecule has 1 heterocycles. The van der Waals surface area contributed by atoms with Gasteiger partial charge in [0.2, 0.25) is 0 Å². The fourth-order valence-electron chi connectivity index (χ4n) is 2.48. The van der Waals surface area contributed by atoms with Crippen molar-refractivity contribution in [2.24, 2.45) is 0 Å². The number of anilines is 1. The number of amides is 2. The molecule has 0 radical (unpaired) electrons. The Labute approximate surface area is 152 Å². The molecule has 5 heteroatoms. The van der Waals surface area contributed by atoms with Crippen LogP contribution in [-0.2, 0) is 6.54 Å². The maximum absolute atomic E-state index is 12.4. The average Bonchev–Trinajstić information content (AvgIpc) is 2.69. The molecule has 3 aromatic rings. The minimum absolute atomic E-state index is 0.271. The minimum atomic E-state index is -0.301. The summed E-state index contributed by atoms with van der Waals surface area (Å²) in [5.74, 6) is -0.573. The molecule has 0 unspecified atom stereocenters. The molecule has 0 fully saturated rings. The molecule has 3 rings (SSSR count). The number of rotatable bonds is 5. The minimum Gasteiger partial charge on any atom is -0.348 e. The highest BCUT2D eigenvalue weighted by molar-refractivity contribution is 6.06. The van der Waals surface area contributed by atoms with Gasteiger partial charge in [-0.1, -0.05) is 48.5 Å². The van der Waals surface area contributed by atoms with Crippen LogP contribution >= 0.6 is 0 Å². The standard InChI is InChI=1S/C21H19N3O2/c1-15-7-5-6-10-19(15)24-21(26)18-11-17(13-22-14-18)20(25)23-12-16-8-3-2-4-9-16/h2-11,13-14H,12H2,1H3,(H,23,25)(H,24,26). The van der Waals surface area contributed by atoms with Gasteiger partial charge in [0.05, 0.1) is 11.1 Å². The molecule has 2 aromatic carbocycles. The van der Waals surface area contributed by atoms with Crippen LogP contribution in [0.2, 0.25) is 0 Å². The molecule has 0 aliphatic carbocycles. The Morgan fingerprint density at radius 3 is 2.27 bits per heavy atom. The largest absolute Gasteiger partial charge is 0.348 e. The number of hydrogen-bond acceptors (Lipinski definition) is 3. The van der Waals surface area contributed by atoms with Gasteiger partial charge in [-0.25, -0.2) is 0 Å². The molecule has 5 nitrogen and oxygen atoms in total. The first-order valence-electron chi connectivity index (χ1n) is 8.27. The van der Waals surface area contributed by atoms with Crippen molar-refractivity contribution in [3.8, 4) is 0 Å². The van der Waals surface area contributed by atoms with E-state index in [9.17, 15) is 9.59 Å². The van der Waals surface area contributed by atoms with Crippen LogP contribution in [0.3, 0.4) is 0 Å². The monoisotopic (exact) mass is 345 g/mol. The van der Waals surface area contributed by atoms with Crippen LogP contribution in [0.25, 0.3) is 0 Å². The number of hydrogen-bond donors (Lipinski definition) is 2. The van der Waals surface area contributed by atoms with Gasteiger partial charge in [-0.15, -0.1) is 0 Å². The molecule has 2 amide bonds. The second-order valence-electron chi connectivity index (χ2n) is 5.90. The number of nitrogens with zero attached hydrogens (tertiary/aromatic N) is 1. The second kappa shape index (κ2) is 8.07. The van der Waals surface area contributed by atoms with E-state index in [0.29, 0.717) is 17.7 Å². The van der Waals surface area contributed by atoms with Crippen molar-refractivity contribution in [1.82, 2.24) is 10.3 Å². The first-order chi connectivity index (χ1) is 12.6. The van der Waals surface area contributed by atoms with Crippen LogP contribution in [-0.4, -0.2) is 16.8 Å². The SMILES string of the molecule is Cc1ccccc1NC(=O)c1cncc(C(=O)NCc2ccccc2)c1. The molecule has 0 saturated carbocycles. The zero-order valence-corrected chi connectivity index (χ0v) is 14.4. The smallest absolute Gasteiger partial charge is 0.257 e. The van der Waals surface area contributed by atoms with Crippen LogP contribution in [0.4, 0.5) is 5.69 Å². The van der Waals surface area contributed by atoms with Crippen LogP contribution in [0.5, 0.6) is 0 Å². The highest BCUT2D eigenvalue weighted by atomic mass is 16.2. The molecule has 0 aliphatic rings. The second-order valence-corrected chi connectivity index (χ2v) is 5.90. The van der Waals surface area contributed by atoms with Crippen molar-refractivity contribution in [3.05, 3.63) is 95.3 Å². The van der Waals surface area contributed by atoms with Crippen LogP contribution in [0.15, 0.2) is 73.1 Å². The number of aromatic nitrogens is 1. The topological polar surface area (TPSA) is 71.1 Å². The molecular formula is C21H19N3O2. The van der Waals surface area contributed by atoms with E-state index in [-0.39, 0.29) is 11.8 Å². The fraction of sp³-hybridized carbons (Fsp3) is 0.0952. The molecule has 2 N–H and O–H groups in total. The van der Waals surface area contributed by atoms with Gasteiger partial charge < -0.3 is 10.6 Å². The lowest BCUT2D eigenvalue weighted by Gasteiger charge is -2.09. The average molecular weight is 345 g/mol. The van der Waals surface area contributed by atoms with Crippen LogP contribution in [0.1, 0.15) is 31.8 Å². The highest BCUT2D eigenvalue weighted by Crippen LogP contribution is 2.15. The number of benzene rings is 2. The van der Waals surface area contributed by atoms with Crippen molar-refractivity contribution in [1.29, 1.82) is 0 Å². The highest BCUT2D eigenvalue weighted by Gasteiger charge is 2.12. The van der Waals surface area contributed by atoms with Crippen LogP contribution < -0.4 is 10.6 Å². The van der Waals surface area contributed by atoms with E-state index >= 15 is 0 Å². The third-order valence-electron chi connectivity index (χ3n) is 3.95. The van der Waals surface area contributed by atoms with Crippen molar-refractivity contribution in [3.63, 3.8) is 0 Å². The van der Waals surface area contributed by atoms with E-state index in [4.69, 9.17) is 0 Å². The van der Waals surface area contributed by atoms with E-state index in [1.807, 2.05) is 61.5 Å². The molecule has 0 spiro atoms. The van der Waals surface area contributed by atoms with E-state index in [0.717, 1.165) is 16.8 Å². The van der Waals surface area contributed by atoms with Gasteiger partial charge in [0.1, 0.15) is 0 Å². The Kier molecular flexibility index (Phi) is 5.39. The lowest BCUT2D eigenvalue weighted by atomic mass is 10.1. The fourth-order valence-corrected chi connectivity index (χ4v) is 2.48. The van der Waals surface area contributed by atoms with Gasteiger partial charge >= 0.3 is 0 Å². The van der Waals surface area contributed by atoms with Crippen molar-refractivity contribution < 1.29 is 9.59 Å². The number of para-hydroxylation sites is 1. The van der Waals surface area contributed by atoms with Gasteiger partial charge in [-0.05, 0) is 30.2 Å². The molecule has 0 saturated heterocycles. The van der Waals surface area contributed by atoms with Crippen molar-refractivity contribution in [2.45, 2.75) is 13.5 Å². The Morgan fingerprint density at radius 1 is 0.885 bits per heavy atom. The Hall–Kier alpha value is -3.47. The molecule has 0 bridgehead atoms. The zero-order valence-electron chi connectivity index (χ0n) is 14.4. The Balaban J connectivity index is 1.68. The Morgan fingerprint density at radius 2 is 1.54 bits per heavy atom. The summed E-state index contributed by atoms with van der Waals surface area (Å²) in [7, 11) is 0. The summed E-state index contributed by atoms with van der Waals surface area (Å²) in [4.78, 5) is 28.8. The first-order valence-corrected chi connectivity index (χ1v) is 8.27. The third-order valence-corrected chi connectivity index (χ3v) is 3.95. The van der Waals surface area contributed by atoms with Crippen LogP contribution in [0, 0.1) is 6.92 Å². The molecule has 26 heavy (non-hydrogen) atoms. The quantitative estimate of drug-likeness (QED) is 0.742. The van der Waals surface area contributed by atoms with Crippen molar-refractivity contribution >= 4 is 17.5 Å². The predicted octanol–water partition coefficient (Wildman–Crippen LogP) is 3.57. The maximum atomic E-state index is 12.4. The summed E-state index contributed by atoms with van der Waals surface area (Å²) in [6.07, 6.45) is 2.90. The van der Waals surface area contributed by atoms with Gasteiger partial charge in [-0.2, -0.15) is 0 Å². The molecule has 0 aliphatic heterocycles. The zero-order chi connectivity index (χ0) is 18.4. The van der Waals surface area contributed by atoms with Gasteiger partial charge in [-0.3, -0.25) is 14.6 Å². The van der Waals surface area contributed by atoms with Gasteiger partial charge in [0, 0.05) is 24.6 Å². The molecular weight excluding hydrogens is 326 g/mol. The Bertz CT molecular complexity index is 923. The predicted molar refractivity (Wildman–Crippen MR) is 101 cm³/mol. The van der Waals surface area contributed by atoms with E-state index in [1.165, 1.54) is 12.4 Å². The normalized spacial score (nSPS) is 10.2. The molecule has 130 valence electrons. The third kappa shape index (κ3) is 4.33. The number of carbonyl (C=O) groups is 2. The summed E-state index contributed by atoms with van der Waals surface area (Å²) in [5, 5.41) is 5.67. The summed E-state index contributed by atoms with van der Waals surface area (Å²) >= 11 is 0. The van der Waals surface area contributed by atoms with Gasteiger partial charge in [0.15, 0.2) is 0 Å². The molecule has 1 aromatic heterocycles. The number of nitrogens with one attached hydrogen (secondary N) is 2. The van der Waals surface area contributed by atoms with E-state index in [2.05, 4.69) is 15.6 Å². The van der Waals surface area contributed by atoms with E-state index in [1.54, 1.807) is 6.07 Å². The first kappa shape index (κ1) is 17.4. The van der Waals surface area contributed by atoms with Gasteiger partial charge in [0.25, 0.3) is 11.8 Å². The maximum Gasteiger partial charge on any atom is 0.257 e. The number of aryl methyl sites for hydroxylation is 1. The molecule has 0 atom stereocenters. The summed E-state index contributed by atoms with van der Waals surface area (Å²) < 4.78 is 0. The lowest BCUT2D eigenvalue weighted by molar-refractivity contribution is 0.0950. The lowest BCUT2D eigenvalue weighted by Crippen LogP contribution is -2.23. The summed E-state index contributed by atoms with van der Waals surface area (Å²) in [6.45, 7) is 2.33. The number of carbonyl (C=O) groups excluding carboxylic acids is 2. The van der Waals surface area contributed by atoms with E-state index < -0.39 is 0 Å². The summed E-state index contributed by atoms with van der Waals surface area (Å²) in [5.41, 5.74) is 3.38.